The van der Waals surface area contributed by atoms with Crippen LogP contribution < -0.4 is 4.74 Å². The van der Waals surface area contributed by atoms with Crippen LogP contribution >= 0.6 is 0 Å². The molecule has 3 fully saturated rings. The Hall–Kier alpha value is -1.59. The van der Waals surface area contributed by atoms with Crippen molar-refractivity contribution >= 4 is 5.78 Å². The molecule has 1 aromatic rings. The molecule has 4 atom stereocenters. The molecule has 2 heterocycles. The fraction of sp³-hybridized carbons (Fsp3) is 0.667. The Morgan fingerprint density at radius 1 is 1.35 bits per heavy atom. The normalized spacial score (nSPS) is 40.3. The number of rotatable bonds is 3. The van der Waals surface area contributed by atoms with E-state index in [0.717, 1.165) is 43.8 Å². The van der Waals surface area contributed by atoms with Gasteiger partial charge in [-0.25, -0.2) is 0 Å². The van der Waals surface area contributed by atoms with Crippen LogP contribution in [0.2, 0.25) is 0 Å². The molecule has 2 bridgehead atoms. The number of hydrogen-bond donors (Lipinski definition) is 1. The topological polar surface area (TPSA) is 59.0 Å². The molecule has 1 N–H and O–H groups in total. The molecule has 1 aromatic carbocycles. The predicted molar refractivity (Wildman–Crippen MR) is 94.6 cm³/mol. The Bertz CT molecular complexity index is 818. The third-order valence-electron chi connectivity index (χ3n) is 7.88. The van der Waals surface area contributed by atoms with Gasteiger partial charge in [0.05, 0.1) is 11.0 Å². The summed E-state index contributed by atoms with van der Waals surface area (Å²) in [7, 11) is 1.81. The van der Waals surface area contributed by atoms with Gasteiger partial charge in [-0.2, -0.15) is 0 Å². The van der Waals surface area contributed by atoms with E-state index < -0.39 is 17.1 Å². The summed E-state index contributed by atoms with van der Waals surface area (Å²) in [5, 5.41) is 10.4. The molecule has 138 valence electrons. The summed E-state index contributed by atoms with van der Waals surface area (Å²) in [6, 6.07) is 4.05. The lowest BCUT2D eigenvalue weighted by Crippen LogP contribution is -2.77. The number of nitrogens with zero attached hydrogens (tertiary/aromatic N) is 1. The van der Waals surface area contributed by atoms with Crippen molar-refractivity contribution in [3.8, 4) is 11.5 Å². The van der Waals surface area contributed by atoms with Gasteiger partial charge in [-0.3, -0.25) is 9.69 Å². The molecular formula is C21H25NO4. The van der Waals surface area contributed by atoms with E-state index in [1.807, 2.05) is 13.2 Å². The van der Waals surface area contributed by atoms with E-state index in [1.165, 1.54) is 18.4 Å². The summed E-state index contributed by atoms with van der Waals surface area (Å²) in [6.07, 6.45) is 5.20. The number of carbonyl (C=O) groups is 1. The minimum atomic E-state index is -0.510. The van der Waals surface area contributed by atoms with E-state index in [4.69, 9.17) is 9.47 Å². The Labute approximate surface area is 153 Å². The van der Waals surface area contributed by atoms with Crippen LogP contribution in [-0.4, -0.2) is 53.7 Å². The van der Waals surface area contributed by atoms with Gasteiger partial charge in [0, 0.05) is 31.7 Å². The van der Waals surface area contributed by atoms with Crippen LogP contribution in [0.4, 0.5) is 0 Å². The third kappa shape index (κ3) is 1.59. The lowest BCUT2D eigenvalue weighted by molar-refractivity contribution is -0.202. The summed E-state index contributed by atoms with van der Waals surface area (Å²) in [6.45, 7) is 2.12. The van der Waals surface area contributed by atoms with Gasteiger partial charge in [0.15, 0.2) is 23.4 Å². The SMILES string of the molecule is COC12CCC(=O)C3Oc4c(O)ccc5c4C31CCN(CC1CC1)C2C5. The third-order valence-corrected chi connectivity index (χ3v) is 7.88. The highest BCUT2D eigenvalue weighted by molar-refractivity contribution is 5.90. The van der Waals surface area contributed by atoms with Crippen LogP contribution in [0.5, 0.6) is 11.5 Å². The summed E-state index contributed by atoms with van der Waals surface area (Å²) in [4.78, 5) is 15.5. The summed E-state index contributed by atoms with van der Waals surface area (Å²) in [5.74, 6) is 1.69. The van der Waals surface area contributed by atoms with Gasteiger partial charge in [0.2, 0.25) is 0 Å². The lowest BCUT2D eigenvalue weighted by Gasteiger charge is -2.64. The van der Waals surface area contributed by atoms with E-state index >= 15 is 0 Å². The first kappa shape index (κ1) is 15.5. The van der Waals surface area contributed by atoms with Crippen molar-refractivity contribution < 1.29 is 19.4 Å². The number of phenolic OH excluding ortho intramolecular Hbond substituents is 1. The second-order valence-corrected chi connectivity index (χ2v) is 8.89. The second kappa shape index (κ2) is 4.82. The van der Waals surface area contributed by atoms with E-state index in [2.05, 4.69) is 4.90 Å². The number of benzene rings is 1. The molecule has 5 aliphatic rings. The van der Waals surface area contributed by atoms with Crippen molar-refractivity contribution in [2.75, 3.05) is 20.2 Å². The number of aromatic hydroxyl groups is 1. The molecule has 5 heteroatoms. The molecule has 0 amide bonds. The largest absolute Gasteiger partial charge is 0.504 e. The maximum Gasteiger partial charge on any atom is 0.174 e. The minimum Gasteiger partial charge on any atom is -0.504 e. The number of ether oxygens (including phenoxy) is 2. The van der Waals surface area contributed by atoms with Gasteiger partial charge < -0.3 is 14.6 Å². The standard InChI is InChI=1S/C21H25NO4/c1-25-21-7-6-15(24)19-20(21)8-9-22(11-12-2-3-12)16(21)10-13-4-5-14(23)18(26-19)17(13)20/h4-5,12,16,19,23H,2-3,6-11H2,1H3. The first-order valence-electron chi connectivity index (χ1n) is 9.94. The van der Waals surface area contributed by atoms with Crippen molar-refractivity contribution in [2.24, 2.45) is 5.92 Å². The number of hydrogen-bond acceptors (Lipinski definition) is 5. The Morgan fingerprint density at radius 3 is 2.96 bits per heavy atom. The van der Waals surface area contributed by atoms with E-state index in [-0.39, 0.29) is 17.6 Å². The lowest BCUT2D eigenvalue weighted by atomic mass is 9.49. The maximum atomic E-state index is 12.9. The van der Waals surface area contributed by atoms with Crippen molar-refractivity contribution in [2.45, 2.75) is 61.7 Å². The number of Topliss-reactive ketones (excluding diaryl/α,β-unsaturated/α-hetero) is 1. The van der Waals surface area contributed by atoms with Crippen molar-refractivity contribution in [3.63, 3.8) is 0 Å². The Balaban J connectivity index is 1.60. The van der Waals surface area contributed by atoms with Crippen molar-refractivity contribution in [1.29, 1.82) is 0 Å². The van der Waals surface area contributed by atoms with Gasteiger partial charge in [-0.15, -0.1) is 0 Å². The smallest absolute Gasteiger partial charge is 0.174 e. The zero-order chi connectivity index (χ0) is 17.7. The van der Waals surface area contributed by atoms with E-state index in [0.29, 0.717) is 12.2 Å². The van der Waals surface area contributed by atoms with Crippen LogP contribution in [0.25, 0.3) is 0 Å². The van der Waals surface area contributed by atoms with Crippen LogP contribution in [0.3, 0.4) is 0 Å². The zero-order valence-electron chi connectivity index (χ0n) is 15.2. The van der Waals surface area contributed by atoms with E-state index in [1.54, 1.807) is 6.07 Å². The molecule has 2 saturated carbocycles. The first-order valence-corrected chi connectivity index (χ1v) is 9.94. The number of piperidine rings is 1. The molecule has 2 aliphatic heterocycles. The number of likely N-dealkylation sites (tertiary alicyclic amines) is 1. The zero-order valence-corrected chi connectivity index (χ0v) is 15.2. The molecule has 4 unspecified atom stereocenters. The molecule has 5 nitrogen and oxygen atoms in total. The highest BCUT2D eigenvalue weighted by Crippen LogP contribution is 2.65. The van der Waals surface area contributed by atoms with Crippen molar-refractivity contribution in [1.82, 2.24) is 4.90 Å². The van der Waals surface area contributed by atoms with Gasteiger partial charge in [-0.05, 0) is 56.2 Å². The predicted octanol–water partition coefficient (Wildman–Crippen LogP) is 2.18. The van der Waals surface area contributed by atoms with Crippen LogP contribution in [0.1, 0.15) is 43.2 Å². The Kier molecular flexibility index (Phi) is 2.86. The molecular weight excluding hydrogens is 330 g/mol. The monoisotopic (exact) mass is 355 g/mol. The number of methoxy groups -OCH3 is 1. The van der Waals surface area contributed by atoms with Crippen LogP contribution in [-0.2, 0) is 21.4 Å². The molecule has 0 aromatic heterocycles. The fourth-order valence-electron chi connectivity index (χ4n) is 6.65. The molecule has 0 radical (unpaired) electrons. The van der Waals surface area contributed by atoms with Gasteiger partial charge in [0.25, 0.3) is 0 Å². The average molecular weight is 355 g/mol. The quantitative estimate of drug-likeness (QED) is 0.901. The number of ketones is 1. The molecule has 1 spiro atoms. The number of phenols is 1. The first-order chi connectivity index (χ1) is 12.6. The second-order valence-electron chi connectivity index (χ2n) is 8.89. The highest BCUT2D eigenvalue weighted by atomic mass is 16.5. The highest BCUT2D eigenvalue weighted by Gasteiger charge is 2.74. The van der Waals surface area contributed by atoms with Crippen LogP contribution in [0.15, 0.2) is 12.1 Å². The fourth-order valence-corrected chi connectivity index (χ4v) is 6.65. The summed E-state index contributed by atoms with van der Waals surface area (Å²) >= 11 is 0. The van der Waals surface area contributed by atoms with E-state index in [9.17, 15) is 9.90 Å². The summed E-state index contributed by atoms with van der Waals surface area (Å²) in [5.41, 5.74) is 1.46. The van der Waals surface area contributed by atoms with Crippen LogP contribution in [0, 0.1) is 5.92 Å². The number of carbonyl (C=O) groups excluding carboxylic acids is 1. The average Bonchev–Trinajstić information content (AvgIpc) is 3.38. The van der Waals surface area contributed by atoms with Gasteiger partial charge in [-0.1, -0.05) is 6.07 Å². The molecule has 6 rings (SSSR count). The van der Waals surface area contributed by atoms with Gasteiger partial charge in [0.1, 0.15) is 0 Å². The maximum absolute atomic E-state index is 12.9. The Morgan fingerprint density at radius 2 is 2.19 bits per heavy atom. The molecule has 1 saturated heterocycles. The molecule has 3 aliphatic carbocycles. The minimum absolute atomic E-state index is 0.157. The molecule has 26 heavy (non-hydrogen) atoms. The van der Waals surface area contributed by atoms with Gasteiger partial charge >= 0.3 is 0 Å². The summed E-state index contributed by atoms with van der Waals surface area (Å²) < 4.78 is 12.5. The van der Waals surface area contributed by atoms with Crippen molar-refractivity contribution in [3.05, 3.63) is 23.3 Å².